The SMILES string of the molecule is [C-]#[N+]Cc1ccnc2c(Br)cccc12. The van der Waals surface area contributed by atoms with Crippen LogP contribution >= 0.6 is 15.9 Å². The zero-order valence-electron chi connectivity index (χ0n) is 7.37. The van der Waals surface area contributed by atoms with Gasteiger partial charge in [-0.05, 0) is 28.1 Å². The minimum Gasteiger partial charge on any atom is -0.312 e. The Morgan fingerprint density at radius 1 is 1.36 bits per heavy atom. The Bertz CT molecular complexity index is 514. The molecule has 0 unspecified atom stereocenters. The molecule has 0 atom stereocenters. The van der Waals surface area contributed by atoms with Gasteiger partial charge in [-0.1, -0.05) is 12.1 Å². The van der Waals surface area contributed by atoms with Crippen molar-refractivity contribution in [2.45, 2.75) is 6.54 Å². The van der Waals surface area contributed by atoms with Gasteiger partial charge in [0.1, 0.15) is 0 Å². The molecule has 0 amide bonds. The molecular weight excluding hydrogens is 240 g/mol. The summed E-state index contributed by atoms with van der Waals surface area (Å²) in [6.07, 6.45) is 1.74. The third-order valence-electron chi connectivity index (χ3n) is 2.06. The van der Waals surface area contributed by atoms with Gasteiger partial charge in [0.15, 0.2) is 0 Å². The lowest BCUT2D eigenvalue weighted by atomic mass is 10.1. The van der Waals surface area contributed by atoms with E-state index >= 15 is 0 Å². The molecule has 68 valence electrons. The predicted octanol–water partition coefficient (Wildman–Crippen LogP) is 3.42. The Morgan fingerprint density at radius 2 is 2.21 bits per heavy atom. The molecule has 0 N–H and O–H groups in total. The van der Waals surface area contributed by atoms with Crippen LogP contribution in [0.15, 0.2) is 34.9 Å². The zero-order chi connectivity index (χ0) is 9.97. The maximum atomic E-state index is 6.86. The van der Waals surface area contributed by atoms with E-state index in [0.29, 0.717) is 6.54 Å². The number of benzene rings is 1. The zero-order valence-corrected chi connectivity index (χ0v) is 8.95. The van der Waals surface area contributed by atoms with Gasteiger partial charge in [-0.2, -0.15) is 0 Å². The third kappa shape index (κ3) is 1.49. The van der Waals surface area contributed by atoms with Crippen molar-refractivity contribution in [1.29, 1.82) is 0 Å². The average Bonchev–Trinajstić information content (AvgIpc) is 2.20. The fourth-order valence-electron chi connectivity index (χ4n) is 1.42. The lowest BCUT2D eigenvalue weighted by molar-refractivity contribution is 1.26. The summed E-state index contributed by atoms with van der Waals surface area (Å²) in [5, 5.41) is 1.05. The summed E-state index contributed by atoms with van der Waals surface area (Å²) in [5.41, 5.74) is 1.96. The molecule has 1 aromatic carbocycles. The highest BCUT2D eigenvalue weighted by Gasteiger charge is 2.05. The Morgan fingerprint density at radius 3 is 3.00 bits per heavy atom. The molecule has 0 bridgehead atoms. The summed E-state index contributed by atoms with van der Waals surface area (Å²) in [7, 11) is 0. The summed E-state index contributed by atoms with van der Waals surface area (Å²) in [4.78, 5) is 7.67. The number of pyridine rings is 1. The van der Waals surface area contributed by atoms with Crippen LogP contribution in [-0.4, -0.2) is 4.98 Å². The maximum absolute atomic E-state index is 6.86. The van der Waals surface area contributed by atoms with Crippen molar-refractivity contribution in [2.75, 3.05) is 0 Å². The van der Waals surface area contributed by atoms with Crippen LogP contribution in [0.1, 0.15) is 5.56 Å². The van der Waals surface area contributed by atoms with Crippen molar-refractivity contribution in [3.63, 3.8) is 0 Å². The number of hydrogen-bond acceptors (Lipinski definition) is 1. The molecule has 3 heteroatoms. The van der Waals surface area contributed by atoms with Crippen molar-refractivity contribution < 1.29 is 0 Å². The summed E-state index contributed by atoms with van der Waals surface area (Å²) in [5.74, 6) is 0. The minimum atomic E-state index is 0.412. The van der Waals surface area contributed by atoms with Crippen LogP contribution in [-0.2, 0) is 6.54 Å². The molecule has 1 heterocycles. The molecule has 2 rings (SSSR count). The molecule has 0 aliphatic carbocycles. The third-order valence-corrected chi connectivity index (χ3v) is 2.70. The van der Waals surface area contributed by atoms with E-state index in [9.17, 15) is 0 Å². The first-order chi connectivity index (χ1) is 6.83. The van der Waals surface area contributed by atoms with Gasteiger partial charge in [-0.15, -0.1) is 0 Å². The highest BCUT2D eigenvalue weighted by Crippen LogP contribution is 2.24. The number of para-hydroxylation sites is 1. The molecule has 0 saturated carbocycles. The van der Waals surface area contributed by atoms with E-state index in [1.807, 2.05) is 24.3 Å². The first kappa shape index (κ1) is 9.17. The van der Waals surface area contributed by atoms with Crippen LogP contribution in [0.3, 0.4) is 0 Å². The molecule has 0 saturated heterocycles. The Kier molecular flexibility index (Phi) is 2.47. The van der Waals surface area contributed by atoms with E-state index in [4.69, 9.17) is 6.57 Å². The van der Waals surface area contributed by atoms with Gasteiger partial charge in [0.25, 0.3) is 0 Å². The van der Waals surface area contributed by atoms with E-state index in [1.54, 1.807) is 6.20 Å². The fraction of sp³-hybridized carbons (Fsp3) is 0.0909. The van der Waals surface area contributed by atoms with Crippen LogP contribution < -0.4 is 0 Å². The molecule has 0 aliphatic heterocycles. The quantitative estimate of drug-likeness (QED) is 0.706. The van der Waals surface area contributed by atoms with Crippen LogP contribution in [0.2, 0.25) is 0 Å². The molecule has 0 spiro atoms. The standard InChI is InChI=1S/C11H7BrN2/c1-13-7-8-5-6-14-11-9(8)3-2-4-10(11)12/h2-6H,7H2. The maximum Gasteiger partial charge on any atom is 0.240 e. The lowest BCUT2D eigenvalue weighted by Gasteiger charge is -2.01. The monoisotopic (exact) mass is 246 g/mol. The minimum absolute atomic E-state index is 0.412. The molecule has 1 aromatic heterocycles. The Balaban J connectivity index is 2.76. The van der Waals surface area contributed by atoms with Gasteiger partial charge in [0.2, 0.25) is 6.54 Å². The van der Waals surface area contributed by atoms with Crippen LogP contribution in [0.4, 0.5) is 0 Å². The Hall–Kier alpha value is -1.40. The van der Waals surface area contributed by atoms with Gasteiger partial charge in [0.05, 0.1) is 5.52 Å². The van der Waals surface area contributed by atoms with Crippen molar-refractivity contribution >= 4 is 26.8 Å². The number of rotatable bonds is 1. The Labute approximate surface area is 90.5 Å². The molecule has 2 nitrogen and oxygen atoms in total. The second-order valence-electron chi connectivity index (χ2n) is 2.92. The molecule has 14 heavy (non-hydrogen) atoms. The highest BCUT2D eigenvalue weighted by atomic mass is 79.9. The summed E-state index contributed by atoms with van der Waals surface area (Å²) >= 11 is 3.44. The van der Waals surface area contributed by atoms with Crippen LogP contribution in [0.25, 0.3) is 15.7 Å². The van der Waals surface area contributed by atoms with Crippen LogP contribution in [0.5, 0.6) is 0 Å². The topological polar surface area (TPSA) is 17.2 Å². The van der Waals surface area contributed by atoms with Gasteiger partial charge < -0.3 is 4.85 Å². The van der Waals surface area contributed by atoms with E-state index < -0.39 is 0 Å². The summed E-state index contributed by atoms with van der Waals surface area (Å²) in [6, 6.07) is 7.80. The fourth-order valence-corrected chi connectivity index (χ4v) is 1.89. The van der Waals surface area contributed by atoms with Gasteiger partial charge in [0, 0.05) is 21.6 Å². The lowest BCUT2D eigenvalue weighted by Crippen LogP contribution is -1.86. The largest absolute Gasteiger partial charge is 0.312 e. The number of hydrogen-bond donors (Lipinski definition) is 0. The van der Waals surface area contributed by atoms with Crippen molar-refractivity contribution in [1.82, 2.24) is 4.98 Å². The average molecular weight is 247 g/mol. The van der Waals surface area contributed by atoms with Crippen molar-refractivity contribution in [2.24, 2.45) is 0 Å². The smallest absolute Gasteiger partial charge is 0.240 e. The first-order valence-electron chi connectivity index (χ1n) is 4.18. The molecule has 0 fully saturated rings. The normalized spacial score (nSPS) is 10.0. The number of halogens is 1. The van der Waals surface area contributed by atoms with E-state index in [2.05, 4.69) is 25.8 Å². The summed E-state index contributed by atoms with van der Waals surface area (Å²) in [6.45, 7) is 7.27. The number of nitrogens with zero attached hydrogens (tertiary/aromatic N) is 2. The molecule has 0 radical (unpaired) electrons. The summed E-state index contributed by atoms with van der Waals surface area (Å²) < 4.78 is 0.974. The molecule has 2 aromatic rings. The second-order valence-corrected chi connectivity index (χ2v) is 3.78. The van der Waals surface area contributed by atoms with E-state index in [1.165, 1.54) is 0 Å². The highest BCUT2D eigenvalue weighted by molar-refractivity contribution is 9.10. The van der Waals surface area contributed by atoms with Crippen LogP contribution in [0, 0.1) is 6.57 Å². The molecule has 0 aliphatic rings. The van der Waals surface area contributed by atoms with E-state index in [0.717, 1.165) is 20.9 Å². The molecular formula is C11H7BrN2. The van der Waals surface area contributed by atoms with E-state index in [-0.39, 0.29) is 0 Å². The number of aromatic nitrogens is 1. The van der Waals surface area contributed by atoms with Gasteiger partial charge in [-0.3, -0.25) is 4.98 Å². The van der Waals surface area contributed by atoms with Gasteiger partial charge >= 0.3 is 0 Å². The van der Waals surface area contributed by atoms with Crippen molar-refractivity contribution in [3.8, 4) is 0 Å². The van der Waals surface area contributed by atoms with Gasteiger partial charge in [-0.25, -0.2) is 6.57 Å². The van der Waals surface area contributed by atoms with Crippen molar-refractivity contribution in [3.05, 3.63) is 51.9 Å². The second kappa shape index (κ2) is 3.77. The predicted molar refractivity (Wildman–Crippen MR) is 59.7 cm³/mol. The first-order valence-corrected chi connectivity index (χ1v) is 4.97. The number of fused-ring (bicyclic) bond motifs is 1.